The van der Waals surface area contributed by atoms with E-state index < -0.39 is 0 Å². The molecule has 0 amide bonds. The quantitative estimate of drug-likeness (QED) is 0.372. The van der Waals surface area contributed by atoms with Crippen molar-refractivity contribution < 1.29 is 0 Å². The van der Waals surface area contributed by atoms with Gasteiger partial charge in [0.2, 0.25) is 0 Å². The summed E-state index contributed by atoms with van der Waals surface area (Å²) in [6, 6.07) is 13.1. The summed E-state index contributed by atoms with van der Waals surface area (Å²) < 4.78 is 4.38. The molecule has 4 rings (SSSR count). The molecule has 164 valence electrons. The van der Waals surface area contributed by atoms with Crippen LogP contribution in [-0.2, 0) is 6.54 Å². The van der Waals surface area contributed by atoms with E-state index in [0.29, 0.717) is 6.04 Å². The number of imidazole rings is 1. The smallest absolute Gasteiger partial charge is 0.135 e. The molecular weight excluding hydrogens is 404 g/mol. The molecule has 3 aromatic heterocycles. The maximum absolute atomic E-state index is 4.85. The first-order valence-electron chi connectivity index (χ1n) is 10.9. The molecule has 0 saturated heterocycles. The van der Waals surface area contributed by atoms with Crippen molar-refractivity contribution in [2.45, 2.75) is 52.7 Å². The van der Waals surface area contributed by atoms with Crippen LogP contribution in [0.25, 0.3) is 16.9 Å². The van der Waals surface area contributed by atoms with Gasteiger partial charge in [0.1, 0.15) is 11.6 Å². The Kier molecular flexibility index (Phi) is 6.53. The number of para-hydroxylation sites is 2. The highest BCUT2D eigenvalue weighted by Crippen LogP contribution is 2.25. The zero-order chi connectivity index (χ0) is 22.0. The fourth-order valence-electron chi connectivity index (χ4n) is 4.18. The number of thioether (sulfide) groups is 1. The fourth-order valence-corrected chi connectivity index (χ4v) is 4.66. The molecule has 0 fully saturated rings. The lowest BCUT2D eigenvalue weighted by atomic mass is 10.2. The van der Waals surface area contributed by atoms with E-state index in [1.807, 2.05) is 30.1 Å². The zero-order valence-electron chi connectivity index (χ0n) is 19.0. The molecule has 1 aromatic carbocycles. The number of nitrogens with zero attached hydrogens (tertiary/aromatic N) is 4. The highest BCUT2D eigenvalue weighted by molar-refractivity contribution is 7.98. The number of hydrogen-bond acceptors (Lipinski definition) is 4. The van der Waals surface area contributed by atoms with Crippen molar-refractivity contribution >= 4 is 22.8 Å². The van der Waals surface area contributed by atoms with Crippen LogP contribution in [0.3, 0.4) is 0 Å². The maximum atomic E-state index is 4.85. The van der Waals surface area contributed by atoms with Crippen molar-refractivity contribution in [3.8, 4) is 5.82 Å². The lowest BCUT2D eigenvalue weighted by Crippen LogP contribution is -2.23. The highest BCUT2D eigenvalue weighted by Gasteiger charge is 2.19. The number of aromatic amines is 1. The zero-order valence-corrected chi connectivity index (χ0v) is 19.8. The van der Waals surface area contributed by atoms with Gasteiger partial charge in [0, 0.05) is 30.0 Å². The minimum atomic E-state index is 0.184. The van der Waals surface area contributed by atoms with Gasteiger partial charge in [-0.2, -0.15) is 16.9 Å². The summed E-state index contributed by atoms with van der Waals surface area (Å²) in [6.45, 7) is 9.48. The van der Waals surface area contributed by atoms with E-state index in [4.69, 9.17) is 4.98 Å². The molecule has 4 aromatic rings. The summed E-state index contributed by atoms with van der Waals surface area (Å²) in [5, 5.41) is 8.29. The van der Waals surface area contributed by atoms with Gasteiger partial charge in [0.15, 0.2) is 0 Å². The monoisotopic (exact) mass is 436 g/mol. The Labute approximate surface area is 188 Å². The molecule has 0 aliphatic rings. The molecule has 0 saturated carbocycles. The summed E-state index contributed by atoms with van der Waals surface area (Å²) in [5.41, 5.74) is 5.89. The number of H-pyrrole nitrogens is 1. The summed E-state index contributed by atoms with van der Waals surface area (Å²) in [6.07, 6.45) is 5.06. The molecule has 0 aliphatic carbocycles. The molecule has 1 atom stereocenters. The van der Waals surface area contributed by atoms with E-state index in [0.717, 1.165) is 41.4 Å². The summed E-state index contributed by atoms with van der Waals surface area (Å²) in [4.78, 5) is 8.37. The highest BCUT2D eigenvalue weighted by atomic mass is 32.2. The number of benzene rings is 1. The van der Waals surface area contributed by atoms with Gasteiger partial charge in [-0.25, -0.2) is 9.67 Å². The van der Waals surface area contributed by atoms with Gasteiger partial charge in [-0.3, -0.25) is 0 Å². The standard InChI is InChI=1S/C24H32N6S/c1-16(2)30-23(10-12-26-30)29-17(3)14-19(18(29)4)15-25-22(11-13-31-5)24-27-20-8-6-7-9-21(20)28-24/h6-10,12,14,16,22,25H,11,13,15H2,1-5H3,(H,27,28)/t22-/m1/s1. The third-order valence-electron chi connectivity index (χ3n) is 5.79. The van der Waals surface area contributed by atoms with Crippen LogP contribution in [0, 0.1) is 13.8 Å². The number of aromatic nitrogens is 5. The molecule has 0 radical (unpaired) electrons. The lowest BCUT2D eigenvalue weighted by Gasteiger charge is -2.17. The fraction of sp³-hybridized carbons (Fsp3) is 0.417. The van der Waals surface area contributed by atoms with Gasteiger partial charge < -0.3 is 14.9 Å². The van der Waals surface area contributed by atoms with Crippen molar-refractivity contribution in [1.29, 1.82) is 0 Å². The molecule has 7 heteroatoms. The third-order valence-corrected chi connectivity index (χ3v) is 6.43. The van der Waals surface area contributed by atoms with E-state index in [1.165, 1.54) is 17.0 Å². The van der Waals surface area contributed by atoms with Gasteiger partial charge in [-0.1, -0.05) is 12.1 Å². The molecule has 0 bridgehead atoms. The molecule has 31 heavy (non-hydrogen) atoms. The Hall–Kier alpha value is -2.51. The normalized spacial score (nSPS) is 12.8. The third kappa shape index (κ3) is 4.43. The molecule has 6 nitrogen and oxygen atoms in total. The first kappa shape index (κ1) is 21.7. The first-order chi connectivity index (χ1) is 15.0. The molecular formula is C24H32N6S. The molecule has 0 unspecified atom stereocenters. The van der Waals surface area contributed by atoms with Crippen molar-refractivity contribution in [1.82, 2.24) is 29.6 Å². The van der Waals surface area contributed by atoms with Crippen molar-refractivity contribution in [3.05, 3.63) is 65.4 Å². The number of rotatable bonds is 9. The van der Waals surface area contributed by atoms with E-state index in [1.54, 1.807) is 0 Å². The largest absolute Gasteiger partial charge is 0.341 e. The van der Waals surface area contributed by atoms with Crippen LogP contribution in [0.5, 0.6) is 0 Å². The van der Waals surface area contributed by atoms with Gasteiger partial charge in [0.05, 0.1) is 23.3 Å². The van der Waals surface area contributed by atoms with Crippen molar-refractivity contribution in [2.75, 3.05) is 12.0 Å². The molecule has 2 N–H and O–H groups in total. The SMILES string of the molecule is CSCC[C@@H](NCc1cc(C)n(-c2ccnn2C(C)C)c1C)c1nc2ccccc2[nH]1. The number of nitrogens with one attached hydrogen (secondary N) is 2. The summed E-state index contributed by atoms with van der Waals surface area (Å²) >= 11 is 1.87. The van der Waals surface area contributed by atoms with E-state index >= 15 is 0 Å². The minimum Gasteiger partial charge on any atom is -0.341 e. The van der Waals surface area contributed by atoms with Crippen LogP contribution >= 0.6 is 11.8 Å². The second-order valence-corrected chi connectivity index (χ2v) is 9.30. The topological polar surface area (TPSA) is 63.5 Å². The Morgan fingerprint density at radius 2 is 1.97 bits per heavy atom. The van der Waals surface area contributed by atoms with Gasteiger partial charge >= 0.3 is 0 Å². The Morgan fingerprint density at radius 3 is 2.71 bits per heavy atom. The van der Waals surface area contributed by atoms with Crippen molar-refractivity contribution in [2.24, 2.45) is 0 Å². The maximum Gasteiger partial charge on any atom is 0.135 e. The molecule has 0 aliphatic heterocycles. The first-order valence-corrected chi connectivity index (χ1v) is 12.3. The predicted molar refractivity (Wildman–Crippen MR) is 130 cm³/mol. The lowest BCUT2D eigenvalue weighted by molar-refractivity contribution is 0.500. The van der Waals surface area contributed by atoms with Crippen LogP contribution in [0.1, 0.15) is 55.1 Å². The van der Waals surface area contributed by atoms with E-state index in [2.05, 4.69) is 82.9 Å². The number of fused-ring (bicyclic) bond motifs is 1. The Bertz CT molecular complexity index is 1120. The van der Waals surface area contributed by atoms with Crippen LogP contribution in [0.4, 0.5) is 0 Å². The van der Waals surface area contributed by atoms with Crippen LogP contribution in [0.15, 0.2) is 42.6 Å². The summed E-state index contributed by atoms with van der Waals surface area (Å²) in [5.74, 6) is 3.22. The van der Waals surface area contributed by atoms with Crippen LogP contribution in [0.2, 0.25) is 0 Å². The molecule has 0 spiro atoms. The summed E-state index contributed by atoms with van der Waals surface area (Å²) in [7, 11) is 0. The second kappa shape index (κ2) is 9.32. The van der Waals surface area contributed by atoms with Gasteiger partial charge in [-0.15, -0.1) is 0 Å². The number of aryl methyl sites for hydroxylation is 1. The Morgan fingerprint density at radius 1 is 1.16 bits per heavy atom. The van der Waals surface area contributed by atoms with E-state index in [-0.39, 0.29) is 6.04 Å². The number of hydrogen-bond donors (Lipinski definition) is 2. The van der Waals surface area contributed by atoms with Gasteiger partial charge in [-0.05, 0) is 69.9 Å². The Balaban J connectivity index is 1.58. The average Bonchev–Trinajstić information content (AvgIpc) is 3.45. The van der Waals surface area contributed by atoms with E-state index in [9.17, 15) is 0 Å². The average molecular weight is 437 g/mol. The molecule has 3 heterocycles. The second-order valence-electron chi connectivity index (χ2n) is 8.31. The van der Waals surface area contributed by atoms with Crippen molar-refractivity contribution in [3.63, 3.8) is 0 Å². The minimum absolute atomic E-state index is 0.184. The van der Waals surface area contributed by atoms with Crippen LogP contribution in [-0.4, -0.2) is 36.3 Å². The predicted octanol–water partition coefficient (Wildman–Crippen LogP) is 5.33. The van der Waals surface area contributed by atoms with Crippen LogP contribution < -0.4 is 5.32 Å². The van der Waals surface area contributed by atoms with Gasteiger partial charge in [0.25, 0.3) is 0 Å².